The molecule has 1 aliphatic rings. The summed E-state index contributed by atoms with van der Waals surface area (Å²) in [5.74, 6) is -0.575. The predicted molar refractivity (Wildman–Crippen MR) is 80.0 cm³/mol. The highest BCUT2D eigenvalue weighted by atomic mass is 16.4. The van der Waals surface area contributed by atoms with E-state index in [2.05, 4.69) is 23.3 Å². The number of aromatic carboxylic acids is 1. The molecule has 0 bridgehead atoms. The Morgan fingerprint density at radius 2 is 1.90 bits per heavy atom. The highest BCUT2D eigenvalue weighted by molar-refractivity contribution is 5.89. The molecule has 3 aromatic rings. The van der Waals surface area contributed by atoms with E-state index in [-0.39, 0.29) is 0 Å². The Labute approximate surface area is 121 Å². The summed E-state index contributed by atoms with van der Waals surface area (Å²) in [5, 5.41) is 15.9. The first-order valence-corrected chi connectivity index (χ1v) is 7.04. The van der Waals surface area contributed by atoms with Crippen molar-refractivity contribution < 1.29 is 9.90 Å². The second kappa shape index (κ2) is 4.45. The largest absolute Gasteiger partial charge is 0.478 e. The van der Waals surface area contributed by atoms with Crippen molar-refractivity contribution in [3.63, 3.8) is 0 Å². The van der Waals surface area contributed by atoms with Crippen LogP contribution in [0.2, 0.25) is 0 Å². The highest BCUT2D eigenvalue weighted by Crippen LogP contribution is 2.42. The van der Waals surface area contributed by atoms with Gasteiger partial charge in [-0.15, -0.1) is 0 Å². The number of fused-ring (bicyclic) bond motifs is 1. The Balaban J connectivity index is 1.90. The summed E-state index contributed by atoms with van der Waals surface area (Å²) in [6, 6.07) is 14.2. The zero-order valence-electron chi connectivity index (χ0n) is 11.4. The molecule has 1 aromatic heterocycles. The number of benzene rings is 2. The lowest BCUT2D eigenvalue weighted by Crippen LogP contribution is -2.05. The molecule has 0 amide bonds. The standard InChI is InChI=1S/C17H14N2O2/c20-17(21)15-10-18-19(16(15)12-5-6-12)14-8-7-11-3-1-2-4-13(11)9-14/h1-4,7-10,12H,5-6H2,(H,20,21). The number of carboxylic acid groups (broad SMARTS) is 1. The third-order valence-corrected chi connectivity index (χ3v) is 3.98. The summed E-state index contributed by atoms with van der Waals surface area (Å²) < 4.78 is 1.79. The van der Waals surface area contributed by atoms with Gasteiger partial charge < -0.3 is 5.11 Å². The second-order valence-corrected chi connectivity index (χ2v) is 5.47. The number of hydrogen-bond donors (Lipinski definition) is 1. The van der Waals surface area contributed by atoms with Crippen molar-refractivity contribution in [3.05, 3.63) is 59.9 Å². The SMILES string of the molecule is O=C(O)c1cnn(-c2ccc3ccccc3c2)c1C1CC1. The Hall–Kier alpha value is -2.62. The number of hydrogen-bond acceptors (Lipinski definition) is 2. The summed E-state index contributed by atoms with van der Waals surface area (Å²) in [6.45, 7) is 0. The smallest absolute Gasteiger partial charge is 0.339 e. The first kappa shape index (κ1) is 12.1. The summed E-state index contributed by atoms with van der Waals surface area (Å²) >= 11 is 0. The molecule has 4 rings (SSSR count). The molecule has 0 radical (unpaired) electrons. The molecular formula is C17H14N2O2. The van der Waals surface area contributed by atoms with Gasteiger partial charge in [-0.3, -0.25) is 0 Å². The minimum absolute atomic E-state index is 0.324. The van der Waals surface area contributed by atoms with Crippen molar-refractivity contribution >= 4 is 16.7 Å². The topological polar surface area (TPSA) is 55.1 Å². The van der Waals surface area contributed by atoms with Gasteiger partial charge in [0.2, 0.25) is 0 Å². The van der Waals surface area contributed by atoms with Crippen molar-refractivity contribution in [3.8, 4) is 5.69 Å². The van der Waals surface area contributed by atoms with E-state index in [1.807, 2.05) is 24.3 Å². The van der Waals surface area contributed by atoms with Gasteiger partial charge in [0, 0.05) is 5.92 Å². The van der Waals surface area contributed by atoms with Crippen LogP contribution in [0.3, 0.4) is 0 Å². The molecule has 104 valence electrons. The van der Waals surface area contributed by atoms with E-state index in [1.54, 1.807) is 4.68 Å². The average molecular weight is 278 g/mol. The van der Waals surface area contributed by atoms with Crippen LogP contribution in [-0.4, -0.2) is 20.9 Å². The van der Waals surface area contributed by atoms with Crippen LogP contribution in [0.5, 0.6) is 0 Å². The first-order valence-electron chi connectivity index (χ1n) is 7.04. The van der Waals surface area contributed by atoms with Crippen LogP contribution in [0.1, 0.15) is 34.8 Å². The molecule has 0 aliphatic heterocycles. The molecule has 4 nitrogen and oxygen atoms in total. The van der Waals surface area contributed by atoms with Gasteiger partial charge >= 0.3 is 5.97 Å². The molecule has 0 unspecified atom stereocenters. The molecule has 4 heteroatoms. The summed E-state index contributed by atoms with van der Waals surface area (Å²) in [5.41, 5.74) is 2.08. The minimum Gasteiger partial charge on any atom is -0.478 e. The maximum atomic E-state index is 11.4. The lowest BCUT2D eigenvalue weighted by molar-refractivity contribution is 0.0695. The number of aromatic nitrogens is 2. The maximum Gasteiger partial charge on any atom is 0.339 e. The fourth-order valence-electron chi connectivity index (χ4n) is 2.79. The third-order valence-electron chi connectivity index (χ3n) is 3.98. The quantitative estimate of drug-likeness (QED) is 0.796. The molecule has 1 saturated carbocycles. The van der Waals surface area contributed by atoms with E-state index in [1.165, 1.54) is 11.6 Å². The van der Waals surface area contributed by atoms with E-state index >= 15 is 0 Å². The molecule has 1 heterocycles. The Morgan fingerprint density at radius 1 is 1.14 bits per heavy atom. The normalized spacial score (nSPS) is 14.5. The maximum absolute atomic E-state index is 11.4. The van der Waals surface area contributed by atoms with Crippen LogP contribution in [0.4, 0.5) is 0 Å². The molecular weight excluding hydrogens is 264 g/mol. The molecule has 21 heavy (non-hydrogen) atoms. The van der Waals surface area contributed by atoms with Gasteiger partial charge in [-0.25, -0.2) is 9.48 Å². The number of rotatable bonds is 3. The lowest BCUT2D eigenvalue weighted by Gasteiger charge is -2.09. The van der Waals surface area contributed by atoms with Crippen molar-refractivity contribution in [2.24, 2.45) is 0 Å². The highest BCUT2D eigenvalue weighted by Gasteiger charge is 2.32. The summed E-state index contributed by atoms with van der Waals surface area (Å²) in [6.07, 6.45) is 3.55. The zero-order chi connectivity index (χ0) is 14.4. The molecule has 0 saturated heterocycles. The van der Waals surface area contributed by atoms with Gasteiger partial charge in [-0.05, 0) is 35.7 Å². The molecule has 1 N–H and O–H groups in total. The average Bonchev–Trinajstić information content (AvgIpc) is 3.24. The summed E-state index contributed by atoms with van der Waals surface area (Å²) in [7, 11) is 0. The molecule has 1 aliphatic carbocycles. The van der Waals surface area contributed by atoms with Crippen LogP contribution >= 0.6 is 0 Å². The van der Waals surface area contributed by atoms with Crippen molar-refractivity contribution in [2.45, 2.75) is 18.8 Å². The van der Waals surface area contributed by atoms with E-state index in [9.17, 15) is 9.90 Å². The monoisotopic (exact) mass is 278 g/mol. The van der Waals surface area contributed by atoms with Gasteiger partial charge in [0.15, 0.2) is 0 Å². The van der Waals surface area contributed by atoms with Crippen molar-refractivity contribution in [1.82, 2.24) is 9.78 Å². The molecule has 1 fully saturated rings. The van der Waals surface area contributed by atoms with E-state index in [0.29, 0.717) is 11.5 Å². The number of carboxylic acids is 1. The molecule has 0 atom stereocenters. The number of carbonyl (C=O) groups is 1. The Bertz CT molecular complexity index is 847. The zero-order valence-corrected chi connectivity index (χ0v) is 11.4. The minimum atomic E-state index is -0.899. The predicted octanol–water partition coefficient (Wildman–Crippen LogP) is 3.60. The fraction of sp³-hybridized carbons (Fsp3) is 0.176. The van der Waals surface area contributed by atoms with E-state index in [0.717, 1.165) is 29.6 Å². The van der Waals surface area contributed by atoms with Crippen LogP contribution in [0, 0.1) is 0 Å². The molecule has 2 aromatic carbocycles. The Kier molecular flexibility index (Phi) is 2.57. The van der Waals surface area contributed by atoms with Gasteiger partial charge in [0.1, 0.15) is 5.56 Å². The van der Waals surface area contributed by atoms with Crippen LogP contribution in [-0.2, 0) is 0 Å². The van der Waals surface area contributed by atoms with Crippen LogP contribution in [0.15, 0.2) is 48.7 Å². The van der Waals surface area contributed by atoms with Gasteiger partial charge in [0.25, 0.3) is 0 Å². The van der Waals surface area contributed by atoms with Gasteiger partial charge in [-0.1, -0.05) is 30.3 Å². The van der Waals surface area contributed by atoms with Gasteiger partial charge in [-0.2, -0.15) is 5.10 Å². The molecule has 0 spiro atoms. The number of nitrogens with zero attached hydrogens (tertiary/aromatic N) is 2. The fourth-order valence-corrected chi connectivity index (χ4v) is 2.79. The van der Waals surface area contributed by atoms with Crippen LogP contribution < -0.4 is 0 Å². The van der Waals surface area contributed by atoms with Crippen molar-refractivity contribution in [2.75, 3.05) is 0 Å². The van der Waals surface area contributed by atoms with E-state index < -0.39 is 5.97 Å². The van der Waals surface area contributed by atoms with E-state index in [4.69, 9.17) is 0 Å². The summed E-state index contributed by atoms with van der Waals surface area (Å²) in [4.78, 5) is 11.4. The Morgan fingerprint density at radius 3 is 2.62 bits per heavy atom. The lowest BCUT2D eigenvalue weighted by atomic mass is 10.1. The third kappa shape index (κ3) is 2.00. The second-order valence-electron chi connectivity index (χ2n) is 5.47. The van der Waals surface area contributed by atoms with Crippen molar-refractivity contribution in [1.29, 1.82) is 0 Å². The van der Waals surface area contributed by atoms with Crippen LogP contribution in [0.25, 0.3) is 16.5 Å². The first-order chi connectivity index (χ1) is 10.2. The van der Waals surface area contributed by atoms with Gasteiger partial charge in [0.05, 0.1) is 17.6 Å².